The quantitative estimate of drug-likeness (QED) is 0.122. The van der Waals surface area contributed by atoms with Crippen molar-refractivity contribution in [1.29, 1.82) is 0 Å². The lowest BCUT2D eigenvalue weighted by Crippen LogP contribution is -2.49. The summed E-state index contributed by atoms with van der Waals surface area (Å²) in [5.41, 5.74) is 0.00331. The van der Waals surface area contributed by atoms with Gasteiger partial charge in [-0.05, 0) is 94.8 Å². The van der Waals surface area contributed by atoms with Crippen LogP contribution in [-0.4, -0.2) is 98.2 Å². The van der Waals surface area contributed by atoms with Gasteiger partial charge in [0.2, 0.25) is 17.7 Å². The van der Waals surface area contributed by atoms with E-state index in [1.165, 1.54) is 29.2 Å². The molecule has 306 valence electrons. The normalized spacial score (nSPS) is 15.8. The molecule has 16 nitrogen and oxygen atoms in total. The van der Waals surface area contributed by atoms with Gasteiger partial charge in [0.1, 0.15) is 11.6 Å². The summed E-state index contributed by atoms with van der Waals surface area (Å²) in [4.78, 5) is 76.2. The van der Waals surface area contributed by atoms with Crippen LogP contribution in [0.25, 0.3) is 0 Å². The largest absolute Gasteiger partial charge is 0.480 e. The molecule has 0 spiro atoms. The number of anilines is 3. The number of hydrogen-bond donors (Lipinski definition) is 5. The molecule has 0 unspecified atom stereocenters. The molecular weight excluding hydrogens is 777 g/mol. The lowest BCUT2D eigenvalue weighted by Gasteiger charge is -2.33. The second-order valence-corrected chi connectivity index (χ2v) is 15.1. The van der Waals surface area contributed by atoms with E-state index < -0.39 is 72.1 Å². The third kappa shape index (κ3) is 12.6. The van der Waals surface area contributed by atoms with Gasteiger partial charge in [0.25, 0.3) is 11.8 Å². The first kappa shape index (κ1) is 42.4. The van der Waals surface area contributed by atoms with Gasteiger partial charge >= 0.3 is 24.2 Å². The van der Waals surface area contributed by atoms with Crippen molar-refractivity contribution in [2.75, 3.05) is 30.3 Å². The maximum absolute atomic E-state index is 13.0. The highest BCUT2D eigenvalue weighted by atomic mass is 35.5. The van der Waals surface area contributed by atoms with E-state index in [1.807, 2.05) is 12.1 Å². The van der Waals surface area contributed by atoms with Crippen LogP contribution >= 0.6 is 11.6 Å². The Kier molecular flexibility index (Phi) is 13.1. The topological polar surface area (TPSA) is 214 Å². The number of aromatic nitrogens is 3. The van der Waals surface area contributed by atoms with Crippen molar-refractivity contribution in [1.82, 2.24) is 30.5 Å². The second kappa shape index (κ2) is 17.6. The third-order valence-electron chi connectivity index (χ3n) is 8.88. The highest BCUT2D eigenvalue weighted by Gasteiger charge is 2.45. The molecule has 3 amide bonds. The van der Waals surface area contributed by atoms with Crippen LogP contribution in [0.1, 0.15) is 75.2 Å². The van der Waals surface area contributed by atoms with E-state index in [2.05, 4.69) is 36.2 Å². The number of hydrogen-bond acceptors (Lipinski definition) is 12. The predicted octanol–water partition coefficient (Wildman–Crippen LogP) is 5.36. The zero-order valence-electron chi connectivity index (χ0n) is 31.2. The summed E-state index contributed by atoms with van der Waals surface area (Å²) in [6.45, 7) is 4.27. The molecule has 2 aromatic carbocycles. The van der Waals surface area contributed by atoms with Gasteiger partial charge in [-0.1, -0.05) is 23.7 Å². The van der Waals surface area contributed by atoms with Crippen LogP contribution in [0.15, 0.2) is 48.5 Å². The minimum atomic E-state index is -4.65. The fourth-order valence-corrected chi connectivity index (χ4v) is 5.92. The molecule has 0 radical (unpaired) electrons. The van der Waals surface area contributed by atoms with E-state index in [1.54, 1.807) is 32.9 Å². The van der Waals surface area contributed by atoms with Crippen LogP contribution in [0.4, 0.5) is 35.5 Å². The average molecular weight is 819 g/mol. The number of benzene rings is 2. The van der Waals surface area contributed by atoms with Gasteiger partial charge in [-0.2, -0.15) is 28.1 Å². The lowest BCUT2D eigenvalue weighted by atomic mass is 10.0. The van der Waals surface area contributed by atoms with Crippen LogP contribution < -0.4 is 26.0 Å². The zero-order valence-corrected chi connectivity index (χ0v) is 32.0. The number of rotatable bonds is 15. The van der Waals surface area contributed by atoms with Gasteiger partial charge in [-0.3, -0.25) is 14.4 Å². The molecule has 20 heteroatoms. The van der Waals surface area contributed by atoms with Crippen LogP contribution in [0.3, 0.4) is 0 Å². The van der Waals surface area contributed by atoms with Gasteiger partial charge in [-0.15, -0.1) is 0 Å². The highest BCUT2D eigenvalue weighted by molar-refractivity contribution is 6.36. The average Bonchev–Trinajstić information content (AvgIpc) is 3.92. The van der Waals surface area contributed by atoms with Crippen molar-refractivity contribution in [2.24, 2.45) is 0 Å². The van der Waals surface area contributed by atoms with Gasteiger partial charge < -0.3 is 40.7 Å². The molecule has 2 aliphatic rings. The number of halogens is 4. The standard InChI is InChI=1S/C37H42ClF3N8O8/c1-35(2,3)57-34(55)49-18-14-25(15-19-49)42-29(52)27(50)13-12-26(30(53)54)44-28(51)21-4-10-24(11-5-21)43-31-45-32(47-33(46-31)56-20-37(39,40)41)48-36(16-17-36)22-6-8-23(38)9-7-22/h4-11,25-26H,12-20H2,1-3H3,(H,42,52)(H,44,51)(H,53,54)(H2,43,45,46,47,48)/t26-/m0/s1. The van der Waals surface area contributed by atoms with E-state index in [0.29, 0.717) is 49.5 Å². The molecule has 3 aromatic rings. The first-order valence-corrected chi connectivity index (χ1v) is 18.4. The predicted molar refractivity (Wildman–Crippen MR) is 199 cm³/mol. The highest BCUT2D eigenvalue weighted by Crippen LogP contribution is 2.48. The molecule has 1 aliphatic carbocycles. The first-order valence-electron chi connectivity index (χ1n) is 18.0. The Morgan fingerprint density at radius 1 is 0.947 bits per heavy atom. The molecular formula is C37H42ClF3N8O8. The van der Waals surface area contributed by atoms with Crippen molar-refractivity contribution in [2.45, 2.75) is 88.7 Å². The number of carbonyl (C=O) groups excluding carboxylic acids is 4. The number of amides is 3. The molecule has 2 fully saturated rings. The molecule has 1 aromatic heterocycles. The smallest absolute Gasteiger partial charge is 0.422 e. The van der Waals surface area contributed by atoms with Gasteiger partial charge in [0, 0.05) is 41.8 Å². The van der Waals surface area contributed by atoms with Gasteiger partial charge in [0.05, 0.1) is 5.54 Å². The maximum atomic E-state index is 13.0. The van der Waals surface area contributed by atoms with Gasteiger partial charge in [0.15, 0.2) is 6.61 Å². The monoisotopic (exact) mass is 818 g/mol. The van der Waals surface area contributed by atoms with Crippen LogP contribution in [0.5, 0.6) is 6.01 Å². The molecule has 1 saturated heterocycles. The number of alkyl halides is 3. The van der Waals surface area contributed by atoms with Crippen molar-refractivity contribution < 1.29 is 51.7 Å². The Morgan fingerprint density at radius 2 is 1.58 bits per heavy atom. The van der Waals surface area contributed by atoms with E-state index in [9.17, 15) is 42.3 Å². The molecule has 1 saturated carbocycles. The summed E-state index contributed by atoms with van der Waals surface area (Å²) in [7, 11) is 0. The zero-order chi connectivity index (χ0) is 41.5. The molecule has 1 atom stereocenters. The number of carboxylic acid groups (broad SMARTS) is 1. The van der Waals surface area contributed by atoms with Crippen LogP contribution in [0, 0.1) is 0 Å². The summed E-state index contributed by atoms with van der Waals surface area (Å²) in [5, 5.41) is 21.2. The number of likely N-dealkylation sites (tertiary alicyclic amines) is 1. The number of nitrogens with one attached hydrogen (secondary N) is 4. The van der Waals surface area contributed by atoms with Crippen LogP contribution in [-0.2, 0) is 24.7 Å². The Bertz CT molecular complexity index is 1950. The molecule has 0 bridgehead atoms. The number of nitrogens with zero attached hydrogens (tertiary/aromatic N) is 4. The Balaban J connectivity index is 1.15. The molecule has 2 heterocycles. The summed E-state index contributed by atoms with van der Waals surface area (Å²) in [5.74, 6) is -4.17. The summed E-state index contributed by atoms with van der Waals surface area (Å²) < 4.78 is 49.0. The number of piperidine rings is 1. The SMILES string of the molecule is CC(C)(C)OC(=O)N1CCC(NC(=O)C(=O)CC[C@H](NC(=O)c2ccc(Nc3nc(NC4(c5ccc(Cl)cc5)CC4)nc(OCC(F)(F)F)n3)cc2)C(=O)O)CC1. The van der Waals surface area contributed by atoms with Crippen LogP contribution in [0.2, 0.25) is 5.02 Å². The second-order valence-electron chi connectivity index (χ2n) is 14.6. The Labute approximate surface area is 330 Å². The number of ether oxygens (including phenoxy) is 2. The molecule has 57 heavy (non-hydrogen) atoms. The number of carbonyl (C=O) groups is 5. The van der Waals surface area contributed by atoms with E-state index in [0.717, 1.165) is 5.56 Å². The minimum absolute atomic E-state index is 0.0411. The summed E-state index contributed by atoms with van der Waals surface area (Å²) in [6.07, 6.45) is -3.75. The summed E-state index contributed by atoms with van der Waals surface area (Å²) >= 11 is 6.02. The first-order chi connectivity index (χ1) is 26.8. The fraction of sp³-hybridized carbons (Fsp3) is 0.459. The molecule has 5 N–H and O–H groups in total. The maximum Gasteiger partial charge on any atom is 0.422 e. The summed E-state index contributed by atoms with van der Waals surface area (Å²) in [6, 6.07) is 10.2. The third-order valence-corrected chi connectivity index (χ3v) is 9.13. The Hall–Kier alpha value is -5.72. The lowest BCUT2D eigenvalue weighted by molar-refractivity contribution is -0.154. The molecule has 5 rings (SSSR count). The Morgan fingerprint density at radius 3 is 2.16 bits per heavy atom. The van der Waals surface area contributed by atoms with Crippen molar-refractivity contribution >= 4 is 58.8 Å². The van der Waals surface area contributed by atoms with E-state index >= 15 is 0 Å². The van der Waals surface area contributed by atoms with E-state index in [4.69, 9.17) is 21.1 Å². The van der Waals surface area contributed by atoms with Crippen molar-refractivity contribution in [3.63, 3.8) is 0 Å². The van der Waals surface area contributed by atoms with E-state index in [-0.39, 0.29) is 29.9 Å². The van der Waals surface area contributed by atoms with Gasteiger partial charge in [-0.25, -0.2) is 9.59 Å². The fourth-order valence-electron chi connectivity index (χ4n) is 5.79. The number of Topliss-reactive ketones (excluding diaryl/α,β-unsaturated/α-hetero) is 1. The minimum Gasteiger partial charge on any atom is -0.480 e. The van der Waals surface area contributed by atoms with Crippen molar-refractivity contribution in [3.05, 3.63) is 64.7 Å². The number of ketones is 1. The number of carboxylic acids is 1. The molecule has 1 aliphatic heterocycles. The van der Waals surface area contributed by atoms with Crippen molar-refractivity contribution in [3.8, 4) is 6.01 Å². The number of aliphatic carboxylic acids is 1.